The highest BCUT2D eigenvalue weighted by Gasteiger charge is 2.39. The van der Waals surface area contributed by atoms with Crippen LogP contribution in [-0.2, 0) is 6.42 Å². The minimum atomic E-state index is 0.0837. The number of nitrogens with zero attached hydrogens (tertiary/aromatic N) is 2. The van der Waals surface area contributed by atoms with Crippen molar-refractivity contribution in [3.05, 3.63) is 17.0 Å². The third kappa shape index (κ3) is 1.93. The normalized spacial score (nSPS) is 18.5. The Labute approximate surface area is 91.7 Å². The molecule has 2 rings (SSSR count). The molecule has 0 amide bonds. The van der Waals surface area contributed by atoms with E-state index in [2.05, 4.69) is 37.5 Å². The van der Waals surface area contributed by atoms with Crippen molar-refractivity contribution in [1.29, 1.82) is 0 Å². The topological polar surface area (TPSA) is 43.8 Å². The molecule has 0 atom stereocenters. The largest absolute Gasteiger partial charge is 0.325 e. The van der Waals surface area contributed by atoms with Gasteiger partial charge in [-0.3, -0.25) is 4.68 Å². The first-order valence-corrected chi connectivity index (χ1v) is 5.76. The van der Waals surface area contributed by atoms with Crippen LogP contribution in [0.1, 0.15) is 49.7 Å². The summed E-state index contributed by atoms with van der Waals surface area (Å²) in [4.78, 5) is 0. The average Bonchev–Trinajstić information content (AvgIpc) is 2.81. The van der Waals surface area contributed by atoms with Crippen LogP contribution in [0.4, 0.5) is 0 Å². The molecule has 3 heteroatoms. The van der Waals surface area contributed by atoms with Crippen LogP contribution in [0.2, 0.25) is 0 Å². The van der Waals surface area contributed by atoms with E-state index in [-0.39, 0.29) is 5.54 Å². The van der Waals surface area contributed by atoms with Crippen LogP contribution in [0.25, 0.3) is 0 Å². The molecule has 3 nitrogen and oxygen atoms in total. The standard InChI is InChI=1S/C12H21N3/c1-8(2)15-10(4)11(9(3)14-15)7-12(13)5-6-12/h8H,5-7,13H2,1-4H3. The predicted molar refractivity (Wildman–Crippen MR) is 61.9 cm³/mol. The van der Waals surface area contributed by atoms with E-state index in [1.165, 1.54) is 24.1 Å². The van der Waals surface area contributed by atoms with Gasteiger partial charge >= 0.3 is 0 Å². The van der Waals surface area contributed by atoms with Crippen molar-refractivity contribution in [2.75, 3.05) is 0 Å². The van der Waals surface area contributed by atoms with Gasteiger partial charge in [0.25, 0.3) is 0 Å². The second-order valence-electron chi connectivity index (χ2n) is 5.23. The smallest absolute Gasteiger partial charge is 0.0629 e. The van der Waals surface area contributed by atoms with Crippen LogP contribution in [0, 0.1) is 13.8 Å². The summed E-state index contributed by atoms with van der Waals surface area (Å²) in [5, 5.41) is 4.58. The second kappa shape index (κ2) is 3.34. The van der Waals surface area contributed by atoms with Gasteiger partial charge in [0.05, 0.1) is 5.69 Å². The fourth-order valence-electron chi connectivity index (χ4n) is 2.15. The van der Waals surface area contributed by atoms with Gasteiger partial charge in [-0.2, -0.15) is 5.10 Å². The number of nitrogens with two attached hydrogens (primary N) is 1. The first-order chi connectivity index (χ1) is 6.93. The molecule has 0 radical (unpaired) electrons. The number of hydrogen-bond acceptors (Lipinski definition) is 2. The molecule has 0 unspecified atom stereocenters. The van der Waals surface area contributed by atoms with Crippen molar-refractivity contribution in [2.45, 2.75) is 58.5 Å². The van der Waals surface area contributed by atoms with Gasteiger partial charge in [-0.05, 0) is 52.5 Å². The summed E-state index contributed by atoms with van der Waals surface area (Å²) in [6.07, 6.45) is 3.33. The van der Waals surface area contributed by atoms with E-state index in [1.807, 2.05) is 0 Å². The molecule has 2 N–H and O–H groups in total. The summed E-state index contributed by atoms with van der Waals surface area (Å²) in [6.45, 7) is 8.57. The quantitative estimate of drug-likeness (QED) is 0.825. The Bertz CT molecular complexity index is 372. The Morgan fingerprint density at radius 1 is 1.40 bits per heavy atom. The van der Waals surface area contributed by atoms with Gasteiger partial charge in [-0.15, -0.1) is 0 Å². The summed E-state index contributed by atoms with van der Waals surface area (Å²) < 4.78 is 2.11. The highest BCUT2D eigenvalue weighted by atomic mass is 15.3. The molecule has 1 aromatic rings. The van der Waals surface area contributed by atoms with Crippen LogP contribution < -0.4 is 5.73 Å². The molecule has 84 valence electrons. The molecule has 1 aromatic heterocycles. The highest BCUT2D eigenvalue weighted by Crippen LogP contribution is 2.37. The monoisotopic (exact) mass is 207 g/mol. The van der Waals surface area contributed by atoms with E-state index >= 15 is 0 Å². The molecule has 1 fully saturated rings. The number of aryl methyl sites for hydroxylation is 1. The molecule has 1 saturated carbocycles. The molecule has 1 heterocycles. The maximum atomic E-state index is 6.16. The van der Waals surface area contributed by atoms with Crippen molar-refractivity contribution in [1.82, 2.24) is 9.78 Å². The van der Waals surface area contributed by atoms with Crippen molar-refractivity contribution < 1.29 is 0 Å². The number of hydrogen-bond donors (Lipinski definition) is 1. The van der Waals surface area contributed by atoms with E-state index in [1.54, 1.807) is 0 Å². The fourth-order valence-corrected chi connectivity index (χ4v) is 2.15. The third-order valence-corrected chi connectivity index (χ3v) is 3.39. The molecule has 0 saturated heterocycles. The molecule has 1 aliphatic carbocycles. The molecule has 0 spiro atoms. The first-order valence-electron chi connectivity index (χ1n) is 5.76. The predicted octanol–water partition coefficient (Wildman–Crippen LogP) is 2.11. The zero-order valence-corrected chi connectivity index (χ0v) is 10.2. The van der Waals surface area contributed by atoms with Crippen LogP contribution in [-0.4, -0.2) is 15.3 Å². The average molecular weight is 207 g/mol. The Kier molecular flexibility index (Phi) is 2.38. The molecule has 15 heavy (non-hydrogen) atoms. The van der Waals surface area contributed by atoms with E-state index in [4.69, 9.17) is 5.73 Å². The van der Waals surface area contributed by atoms with Crippen LogP contribution in [0.3, 0.4) is 0 Å². The lowest BCUT2D eigenvalue weighted by atomic mass is 10.0. The van der Waals surface area contributed by atoms with Gasteiger partial charge in [-0.1, -0.05) is 0 Å². The fraction of sp³-hybridized carbons (Fsp3) is 0.750. The van der Waals surface area contributed by atoms with Crippen molar-refractivity contribution in [3.8, 4) is 0 Å². The SMILES string of the molecule is Cc1nn(C(C)C)c(C)c1CC1(N)CC1. The van der Waals surface area contributed by atoms with Crippen LogP contribution in [0.5, 0.6) is 0 Å². The highest BCUT2D eigenvalue weighted by molar-refractivity contribution is 5.29. The molecule has 0 bridgehead atoms. The Morgan fingerprint density at radius 3 is 2.40 bits per heavy atom. The van der Waals surface area contributed by atoms with Crippen molar-refractivity contribution >= 4 is 0 Å². The summed E-state index contributed by atoms with van der Waals surface area (Å²) >= 11 is 0. The van der Waals surface area contributed by atoms with Gasteiger partial charge in [0.2, 0.25) is 0 Å². The Morgan fingerprint density at radius 2 is 2.00 bits per heavy atom. The Balaban J connectivity index is 2.30. The van der Waals surface area contributed by atoms with Gasteiger partial charge < -0.3 is 5.73 Å². The lowest BCUT2D eigenvalue weighted by molar-refractivity contribution is 0.515. The van der Waals surface area contributed by atoms with E-state index in [0.717, 1.165) is 12.1 Å². The molecular weight excluding hydrogens is 186 g/mol. The zero-order chi connectivity index (χ0) is 11.2. The van der Waals surface area contributed by atoms with Gasteiger partial charge in [-0.25, -0.2) is 0 Å². The molecule has 1 aliphatic rings. The van der Waals surface area contributed by atoms with Crippen molar-refractivity contribution in [2.24, 2.45) is 5.73 Å². The van der Waals surface area contributed by atoms with Crippen LogP contribution in [0.15, 0.2) is 0 Å². The van der Waals surface area contributed by atoms with Gasteiger partial charge in [0, 0.05) is 17.3 Å². The van der Waals surface area contributed by atoms with E-state index in [0.29, 0.717) is 6.04 Å². The first kappa shape index (κ1) is 10.7. The summed E-state index contributed by atoms with van der Waals surface area (Å²) in [5.41, 5.74) is 10.1. The second-order valence-corrected chi connectivity index (χ2v) is 5.23. The summed E-state index contributed by atoms with van der Waals surface area (Å²) in [7, 11) is 0. The van der Waals surface area contributed by atoms with Crippen LogP contribution >= 0.6 is 0 Å². The van der Waals surface area contributed by atoms with Gasteiger partial charge in [0.1, 0.15) is 0 Å². The maximum absolute atomic E-state index is 6.16. The lowest BCUT2D eigenvalue weighted by Crippen LogP contribution is -2.25. The number of rotatable bonds is 3. The van der Waals surface area contributed by atoms with Gasteiger partial charge in [0.15, 0.2) is 0 Å². The minimum absolute atomic E-state index is 0.0837. The summed E-state index contributed by atoms with van der Waals surface area (Å²) in [6, 6.07) is 0.436. The molecule has 0 aromatic carbocycles. The Hall–Kier alpha value is -0.830. The van der Waals surface area contributed by atoms with E-state index in [9.17, 15) is 0 Å². The van der Waals surface area contributed by atoms with Crippen molar-refractivity contribution in [3.63, 3.8) is 0 Å². The zero-order valence-electron chi connectivity index (χ0n) is 10.2. The minimum Gasteiger partial charge on any atom is -0.325 e. The summed E-state index contributed by atoms with van der Waals surface area (Å²) in [5.74, 6) is 0. The lowest BCUT2D eigenvalue weighted by Gasteiger charge is -2.11. The number of aromatic nitrogens is 2. The maximum Gasteiger partial charge on any atom is 0.0629 e. The third-order valence-electron chi connectivity index (χ3n) is 3.39. The van der Waals surface area contributed by atoms with E-state index < -0.39 is 0 Å². The molecular formula is C12H21N3. The molecule has 0 aliphatic heterocycles.